The minimum atomic E-state index is -1.16. The molecule has 2 atom stereocenters. The molecule has 0 aliphatic carbocycles. The molecule has 1 aromatic rings. The van der Waals surface area contributed by atoms with Crippen LogP contribution in [0.2, 0.25) is 0 Å². The molecule has 6 heteroatoms. The summed E-state index contributed by atoms with van der Waals surface area (Å²) in [5.74, 6) is -2.38. The minimum Gasteiger partial charge on any atom is -0.480 e. The number of carboxylic acids is 1. The molecule has 0 amide bonds. The molecule has 19 heavy (non-hydrogen) atoms. The maximum atomic E-state index is 11.8. The van der Waals surface area contributed by atoms with Gasteiger partial charge in [0.1, 0.15) is 12.6 Å². The number of esters is 1. The highest BCUT2D eigenvalue weighted by Gasteiger charge is 2.24. The summed E-state index contributed by atoms with van der Waals surface area (Å²) in [5.41, 5.74) is 11.7. The van der Waals surface area contributed by atoms with Crippen molar-refractivity contribution in [3.8, 4) is 0 Å². The van der Waals surface area contributed by atoms with Crippen LogP contribution in [0.15, 0.2) is 30.3 Å². The molecule has 6 nitrogen and oxygen atoms in total. The average Bonchev–Trinajstić information content (AvgIpc) is 2.42. The predicted octanol–water partition coefficient (Wildman–Crippen LogP) is 0.107. The van der Waals surface area contributed by atoms with Gasteiger partial charge in [-0.2, -0.15) is 0 Å². The van der Waals surface area contributed by atoms with Crippen molar-refractivity contribution in [2.24, 2.45) is 17.4 Å². The van der Waals surface area contributed by atoms with E-state index in [1.165, 1.54) is 0 Å². The van der Waals surface area contributed by atoms with Gasteiger partial charge in [-0.25, -0.2) is 0 Å². The van der Waals surface area contributed by atoms with Crippen LogP contribution >= 0.6 is 0 Å². The number of rotatable bonds is 7. The highest BCUT2D eigenvalue weighted by atomic mass is 16.5. The molecule has 104 valence electrons. The summed E-state index contributed by atoms with van der Waals surface area (Å²) in [6, 6.07) is 8.08. The van der Waals surface area contributed by atoms with Crippen molar-refractivity contribution in [3.63, 3.8) is 0 Å². The maximum Gasteiger partial charge on any atom is 0.320 e. The minimum absolute atomic E-state index is 0.00853. The Labute approximate surface area is 111 Å². The predicted molar refractivity (Wildman–Crippen MR) is 69.0 cm³/mol. The Morgan fingerprint density at radius 3 is 2.42 bits per heavy atom. The summed E-state index contributed by atoms with van der Waals surface area (Å²) in [6.07, 6.45) is -0.0283. The Balaban J connectivity index is 2.48. The lowest BCUT2D eigenvalue weighted by Gasteiger charge is -2.16. The van der Waals surface area contributed by atoms with E-state index in [1.54, 1.807) is 0 Å². The Kier molecular flexibility index (Phi) is 5.98. The second-order valence-electron chi connectivity index (χ2n) is 4.21. The molecule has 0 aliphatic rings. The molecule has 0 fully saturated rings. The van der Waals surface area contributed by atoms with Gasteiger partial charge in [0.05, 0.1) is 5.92 Å². The van der Waals surface area contributed by atoms with E-state index >= 15 is 0 Å². The third-order valence-electron chi connectivity index (χ3n) is 2.70. The zero-order valence-corrected chi connectivity index (χ0v) is 10.5. The van der Waals surface area contributed by atoms with Crippen LogP contribution in [0.5, 0.6) is 0 Å². The molecule has 0 saturated carbocycles. The van der Waals surface area contributed by atoms with E-state index in [9.17, 15) is 9.59 Å². The quantitative estimate of drug-likeness (QED) is 0.603. The maximum absolute atomic E-state index is 11.8. The third-order valence-corrected chi connectivity index (χ3v) is 2.70. The number of ether oxygens (including phenoxy) is 1. The second-order valence-corrected chi connectivity index (χ2v) is 4.21. The van der Waals surface area contributed by atoms with E-state index < -0.39 is 23.9 Å². The van der Waals surface area contributed by atoms with Gasteiger partial charge in [0, 0.05) is 6.54 Å². The molecule has 0 aliphatic heterocycles. The van der Waals surface area contributed by atoms with Crippen LogP contribution < -0.4 is 11.5 Å². The van der Waals surface area contributed by atoms with E-state index in [-0.39, 0.29) is 19.6 Å². The zero-order valence-electron chi connectivity index (χ0n) is 10.5. The number of aliphatic carboxylic acids is 1. The van der Waals surface area contributed by atoms with Gasteiger partial charge in [0.25, 0.3) is 0 Å². The number of carbonyl (C=O) groups excluding carboxylic acids is 1. The van der Waals surface area contributed by atoms with Gasteiger partial charge in [0.15, 0.2) is 0 Å². The molecule has 0 aromatic heterocycles. The molecule has 0 spiro atoms. The van der Waals surface area contributed by atoms with E-state index in [0.29, 0.717) is 0 Å². The van der Waals surface area contributed by atoms with Crippen LogP contribution in [0, 0.1) is 5.92 Å². The molecular formula is C13H18N2O4. The van der Waals surface area contributed by atoms with Gasteiger partial charge in [-0.1, -0.05) is 30.3 Å². The lowest BCUT2D eigenvalue weighted by atomic mass is 10.0. The summed E-state index contributed by atoms with van der Waals surface area (Å²) >= 11 is 0. The highest BCUT2D eigenvalue weighted by molar-refractivity contribution is 5.76. The van der Waals surface area contributed by atoms with Gasteiger partial charge in [0.2, 0.25) is 0 Å². The molecule has 0 heterocycles. The Morgan fingerprint density at radius 2 is 1.89 bits per heavy atom. The van der Waals surface area contributed by atoms with Crippen molar-refractivity contribution >= 4 is 11.9 Å². The van der Waals surface area contributed by atoms with Gasteiger partial charge < -0.3 is 21.3 Å². The van der Waals surface area contributed by atoms with E-state index in [4.69, 9.17) is 21.3 Å². The number of carbonyl (C=O) groups is 2. The Hall–Kier alpha value is -1.92. The largest absolute Gasteiger partial charge is 0.480 e. The molecule has 5 N–H and O–H groups in total. The fraction of sp³-hybridized carbons (Fsp3) is 0.385. The van der Waals surface area contributed by atoms with Crippen molar-refractivity contribution in [1.82, 2.24) is 0 Å². The lowest BCUT2D eigenvalue weighted by molar-refractivity contribution is -0.150. The van der Waals surface area contributed by atoms with Gasteiger partial charge in [-0.15, -0.1) is 0 Å². The number of carboxylic acid groups (broad SMARTS) is 1. The first-order valence-corrected chi connectivity index (χ1v) is 5.93. The molecule has 0 saturated heterocycles. The van der Waals surface area contributed by atoms with Crippen molar-refractivity contribution in [2.45, 2.75) is 19.1 Å². The second kappa shape index (κ2) is 7.50. The van der Waals surface area contributed by atoms with Crippen LogP contribution in [-0.4, -0.2) is 29.6 Å². The fourth-order valence-corrected chi connectivity index (χ4v) is 1.54. The van der Waals surface area contributed by atoms with Crippen LogP contribution in [0.4, 0.5) is 0 Å². The molecular weight excluding hydrogens is 248 g/mol. The summed E-state index contributed by atoms with van der Waals surface area (Å²) in [5, 5.41) is 8.70. The monoisotopic (exact) mass is 266 g/mol. The SMILES string of the molecule is NCC(C[C@H](N)C(=O)O)C(=O)OCc1ccccc1. The van der Waals surface area contributed by atoms with Gasteiger partial charge in [-0.05, 0) is 12.0 Å². The van der Waals surface area contributed by atoms with E-state index in [1.807, 2.05) is 30.3 Å². The first-order chi connectivity index (χ1) is 9.04. The smallest absolute Gasteiger partial charge is 0.320 e. The molecule has 1 aromatic carbocycles. The fourth-order valence-electron chi connectivity index (χ4n) is 1.54. The topological polar surface area (TPSA) is 116 Å². The van der Waals surface area contributed by atoms with Crippen LogP contribution in [0.3, 0.4) is 0 Å². The van der Waals surface area contributed by atoms with Crippen molar-refractivity contribution in [3.05, 3.63) is 35.9 Å². The number of hydrogen-bond donors (Lipinski definition) is 3. The van der Waals surface area contributed by atoms with Gasteiger partial charge >= 0.3 is 11.9 Å². The van der Waals surface area contributed by atoms with Crippen LogP contribution in [0.1, 0.15) is 12.0 Å². The number of hydrogen-bond acceptors (Lipinski definition) is 5. The summed E-state index contributed by atoms with van der Waals surface area (Å²) in [4.78, 5) is 22.4. The number of nitrogens with two attached hydrogens (primary N) is 2. The Bertz CT molecular complexity index is 422. The first-order valence-electron chi connectivity index (χ1n) is 5.93. The number of benzene rings is 1. The van der Waals surface area contributed by atoms with E-state index in [2.05, 4.69) is 0 Å². The van der Waals surface area contributed by atoms with Crippen molar-refractivity contribution in [2.75, 3.05) is 6.54 Å². The summed E-state index contributed by atoms with van der Waals surface area (Å²) < 4.78 is 5.09. The Morgan fingerprint density at radius 1 is 1.26 bits per heavy atom. The van der Waals surface area contributed by atoms with E-state index in [0.717, 1.165) is 5.56 Å². The highest BCUT2D eigenvalue weighted by Crippen LogP contribution is 2.09. The average molecular weight is 266 g/mol. The van der Waals surface area contributed by atoms with Crippen molar-refractivity contribution in [1.29, 1.82) is 0 Å². The first kappa shape index (κ1) is 15.1. The molecule has 0 radical (unpaired) electrons. The standard InChI is InChI=1S/C13H18N2O4/c14-7-10(6-11(15)12(16)17)13(18)19-8-9-4-2-1-3-5-9/h1-5,10-11H,6-8,14-15H2,(H,16,17)/t10?,11-/m0/s1. The third kappa shape index (κ3) is 5.07. The summed E-state index contributed by atoms with van der Waals surface area (Å²) in [6.45, 7) is 0.146. The van der Waals surface area contributed by atoms with Gasteiger partial charge in [-0.3, -0.25) is 9.59 Å². The van der Waals surface area contributed by atoms with Crippen LogP contribution in [0.25, 0.3) is 0 Å². The normalized spacial score (nSPS) is 13.6. The van der Waals surface area contributed by atoms with Crippen molar-refractivity contribution < 1.29 is 19.4 Å². The van der Waals surface area contributed by atoms with Crippen LogP contribution in [-0.2, 0) is 20.9 Å². The summed E-state index contributed by atoms with van der Waals surface area (Å²) in [7, 11) is 0. The zero-order chi connectivity index (χ0) is 14.3. The lowest BCUT2D eigenvalue weighted by Crippen LogP contribution is -2.37. The molecule has 0 bridgehead atoms. The molecule has 1 rings (SSSR count). The molecule has 1 unspecified atom stereocenters.